The Bertz CT molecular complexity index is 782. The van der Waals surface area contributed by atoms with Gasteiger partial charge in [-0.05, 0) is 31.2 Å². The van der Waals surface area contributed by atoms with Gasteiger partial charge in [-0.3, -0.25) is 9.52 Å². The van der Waals surface area contributed by atoms with Gasteiger partial charge in [-0.15, -0.1) is 0 Å². The highest BCUT2D eigenvalue weighted by molar-refractivity contribution is 7.92. The number of ether oxygens (including phenoxy) is 1. The molecule has 0 bridgehead atoms. The molecule has 0 aliphatic heterocycles. The number of pyridine rings is 1. The van der Waals surface area contributed by atoms with Crippen LogP contribution < -0.4 is 15.0 Å². The molecule has 0 unspecified atom stereocenters. The van der Waals surface area contributed by atoms with Crippen LogP contribution in [0.1, 0.15) is 6.92 Å². The molecule has 2 N–H and O–H groups in total. The lowest BCUT2D eigenvalue weighted by molar-refractivity contribution is 0.342. The Morgan fingerprint density at radius 1 is 1.29 bits per heavy atom. The van der Waals surface area contributed by atoms with Crippen molar-refractivity contribution in [1.82, 2.24) is 4.98 Å². The number of anilines is 1. The molecule has 0 aliphatic carbocycles. The van der Waals surface area contributed by atoms with Crippen LogP contribution >= 0.6 is 11.6 Å². The number of benzene rings is 1. The summed E-state index contributed by atoms with van der Waals surface area (Å²) < 4.78 is 32.2. The number of aromatic amines is 1. The topological polar surface area (TPSA) is 88.3 Å². The van der Waals surface area contributed by atoms with Gasteiger partial charge in [0.2, 0.25) is 5.56 Å². The van der Waals surface area contributed by atoms with Crippen LogP contribution in [0, 0.1) is 0 Å². The lowest BCUT2D eigenvalue weighted by Gasteiger charge is -2.13. The molecule has 1 aromatic carbocycles. The van der Waals surface area contributed by atoms with E-state index in [9.17, 15) is 13.2 Å². The average molecular weight is 329 g/mol. The summed E-state index contributed by atoms with van der Waals surface area (Å²) in [5.41, 5.74) is -0.151. The maximum absolute atomic E-state index is 12.2. The van der Waals surface area contributed by atoms with E-state index in [4.69, 9.17) is 16.3 Å². The molecule has 0 spiro atoms. The van der Waals surface area contributed by atoms with E-state index in [0.717, 1.165) is 12.3 Å². The van der Waals surface area contributed by atoms with Crippen LogP contribution in [-0.4, -0.2) is 20.0 Å². The Morgan fingerprint density at radius 2 is 2.05 bits per heavy atom. The molecule has 0 saturated carbocycles. The molecule has 0 aliphatic rings. The van der Waals surface area contributed by atoms with Gasteiger partial charge in [-0.2, -0.15) is 0 Å². The van der Waals surface area contributed by atoms with Crippen molar-refractivity contribution >= 4 is 27.3 Å². The lowest BCUT2D eigenvalue weighted by atomic mass is 10.3. The fraction of sp³-hybridized carbons (Fsp3) is 0.154. The molecule has 8 heteroatoms. The Labute approximate surface area is 126 Å². The largest absolute Gasteiger partial charge is 0.492 e. The highest BCUT2D eigenvalue weighted by Gasteiger charge is 2.17. The minimum Gasteiger partial charge on any atom is -0.492 e. The van der Waals surface area contributed by atoms with Gasteiger partial charge in [0.1, 0.15) is 10.6 Å². The summed E-state index contributed by atoms with van der Waals surface area (Å²) in [6, 6.07) is 6.98. The summed E-state index contributed by atoms with van der Waals surface area (Å²) in [6.07, 6.45) is 1.12. The van der Waals surface area contributed by atoms with Crippen LogP contribution in [0.25, 0.3) is 0 Å². The van der Waals surface area contributed by atoms with Gasteiger partial charge in [-0.25, -0.2) is 8.42 Å². The summed E-state index contributed by atoms with van der Waals surface area (Å²) >= 11 is 5.87. The van der Waals surface area contributed by atoms with Gasteiger partial charge in [0.25, 0.3) is 10.0 Å². The van der Waals surface area contributed by atoms with Gasteiger partial charge in [0.05, 0.1) is 12.3 Å². The van der Waals surface area contributed by atoms with Gasteiger partial charge in [-0.1, -0.05) is 11.6 Å². The van der Waals surface area contributed by atoms with Crippen molar-refractivity contribution in [2.45, 2.75) is 11.8 Å². The Hall–Kier alpha value is -1.99. The second-order valence-corrected chi connectivity index (χ2v) is 6.19. The zero-order chi connectivity index (χ0) is 15.5. The summed E-state index contributed by atoms with van der Waals surface area (Å²) in [6.45, 7) is 2.17. The lowest BCUT2D eigenvalue weighted by Crippen LogP contribution is -2.16. The maximum atomic E-state index is 12.2. The number of halogens is 1. The van der Waals surface area contributed by atoms with Gasteiger partial charge >= 0.3 is 0 Å². The standard InChI is InChI=1S/C13H13ClN2O4S/c1-2-20-12-5-3-9(14)7-11(12)16-21(18,19)10-4-6-13(17)15-8-10/h3-8,16H,2H2,1H3,(H,15,17). The molecular weight excluding hydrogens is 316 g/mol. The van der Waals surface area contributed by atoms with Crippen LogP contribution in [0.5, 0.6) is 5.75 Å². The van der Waals surface area contributed by atoms with Crippen molar-refractivity contribution in [1.29, 1.82) is 0 Å². The van der Waals surface area contributed by atoms with E-state index in [2.05, 4.69) is 9.71 Å². The summed E-state index contributed by atoms with van der Waals surface area (Å²) in [4.78, 5) is 13.2. The second kappa shape index (κ2) is 6.19. The molecule has 1 aromatic heterocycles. The van der Waals surface area contributed by atoms with Crippen molar-refractivity contribution in [2.75, 3.05) is 11.3 Å². The van der Waals surface area contributed by atoms with Crippen LogP contribution in [0.2, 0.25) is 5.02 Å². The fourth-order valence-electron chi connectivity index (χ4n) is 1.63. The molecule has 0 amide bonds. The number of nitrogens with one attached hydrogen (secondary N) is 2. The zero-order valence-electron chi connectivity index (χ0n) is 11.1. The van der Waals surface area contributed by atoms with Crippen molar-refractivity contribution in [3.63, 3.8) is 0 Å². The Morgan fingerprint density at radius 3 is 2.67 bits per heavy atom. The van der Waals surface area contributed by atoms with Crippen LogP contribution in [0.3, 0.4) is 0 Å². The monoisotopic (exact) mass is 328 g/mol. The Kier molecular flexibility index (Phi) is 4.54. The predicted molar refractivity (Wildman–Crippen MR) is 80.5 cm³/mol. The second-order valence-electron chi connectivity index (χ2n) is 4.07. The van der Waals surface area contributed by atoms with Crippen molar-refractivity contribution in [3.05, 3.63) is 51.9 Å². The number of hydrogen-bond donors (Lipinski definition) is 2. The van der Waals surface area contributed by atoms with Gasteiger partial charge in [0, 0.05) is 17.3 Å². The third-order valence-corrected chi connectivity index (χ3v) is 4.15. The van der Waals surface area contributed by atoms with Crippen molar-refractivity contribution in [3.8, 4) is 5.75 Å². The first kappa shape index (κ1) is 15.4. The van der Waals surface area contributed by atoms with Gasteiger partial charge < -0.3 is 9.72 Å². The summed E-state index contributed by atoms with van der Waals surface area (Å²) in [7, 11) is -3.85. The van der Waals surface area contributed by atoms with Crippen LogP contribution in [0.4, 0.5) is 5.69 Å². The maximum Gasteiger partial charge on any atom is 0.263 e. The molecular formula is C13H13ClN2O4S. The molecule has 0 atom stereocenters. The third kappa shape index (κ3) is 3.77. The first-order valence-corrected chi connectivity index (χ1v) is 7.92. The fourth-order valence-corrected chi connectivity index (χ4v) is 2.83. The number of H-pyrrole nitrogens is 1. The van der Waals surface area contributed by atoms with Crippen molar-refractivity contribution in [2.24, 2.45) is 0 Å². The van der Waals surface area contributed by atoms with E-state index in [1.807, 2.05) is 0 Å². The molecule has 0 saturated heterocycles. The third-order valence-electron chi connectivity index (χ3n) is 2.55. The zero-order valence-corrected chi connectivity index (χ0v) is 12.7. The predicted octanol–water partition coefficient (Wildman–Crippen LogP) is 2.23. The minimum atomic E-state index is -3.85. The number of rotatable bonds is 5. The Balaban J connectivity index is 2.38. The van der Waals surface area contributed by atoms with E-state index in [1.165, 1.54) is 12.1 Å². The van der Waals surface area contributed by atoms with Crippen molar-refractivity contribution < 1.29 is 13.2 Å². The van der Waals surface area contributed by atoms with E-state index >= 15 is 0 Å². The number of hydrogen-bond acceptors (Lipinski definition) is 4. The molecule has 112 valence electrons. The first-order chi connectivity index (χ1) is 9.92. The van der Waals surface area contributed by atoms with E-state index < -0.39 is 10.0 Å². The number of aromatic nitrogens is 1. The normalized spacial score (nSPS) is 11.1. The molecule has 0 radical (unpaired) electrons. The van der Waals surface area contributed by atoms with Crippen LogP contribution in [-0.2, 0) is 10.0 Å². The van der Waals surface area contributed by atoms with Gasteiger partial charge in [0.15, 0.2) is 0 Å². The quantitative estimate of drug-likeness (QED) is 0.881. The first-order valence-electron chi connectivity index (χ1n) is 6.06. The van der Waals surface area contributed by atoms with Crippen LogP contribution in [0.15, 0.2) is 46.2 Å². The SMILES string of the molecule is CCOc1ccc(Cl)cc1NS(=O)(=O)c1ccc(=O)[nH]c1. The molecule has 6 nitrogen and oxygen atoms in total. The highest BCUT2D eigenvalue weighted by atomic mass is 35.5. The molecule has 2 rings (SSSR count). The average Bonchev–Trinajstić information content (AvgIpc) is 2.42. The molecule has 2 aromatic rings. The smallest absolute Gasteiger partial charge is 0.263 e. The number of sulfonamides is 1. The molecule has 1 heterocycles. The highest BCUT2D eigenvalue weighted by Crippen LogP contribution is 2.29. The molecule has 0 fully saturated rings. The van der Waals surface area contributed by atoms with E-state index in [1.54, 1.807) is 19.1 Å². The molecule has 21 heavy (non-hydrogen) atoms. The summed E-state index contributed by atoms with van der Waals surface area (Å²) in [5.74, 6) is 0.370. The van der Waals surface area contributed by atoms with E-state index in [0.29, 0.717) is 17.4 Å². The summed E-state index contributed by atoms with van der Waals surface area (Å²) in [5, 5.41) is 0.373. The minimum absolute atomic E-state index is 0.0653. The van der Waals surface area contributed by atoms with E-state index in [-0.39, 0.29) is 16.1 Å².